The second-order valence-electron chi connectivity index (χ2n) is 6.24. The van der Waals surface area contributed by atoms with Crippen LogP contribution in [0.15, 0.2) is 22.8 Å². The number of ether oxygens (including phenoxy) is 1. The van der Waals surface area contributed by atoms with E-state index >= 15 is 0 Å². The molecular weight excluding hydrogens is 377 g/mol. The fourth-order valence-corrected chi connectivity index (χ4v) is 4.01. The van der Waals surface area contributed by atoms with Crippen LogP contribution < -0.4 is 4.74 Å². The topological polar surface area (TPSA) is 57.8 Å². The van der Waals surface area contributed by atoms with Crippen LogP contribution in [0.5, 0.6) is 5.75 Å². The Morgan fingerprint density at radius 1 is 1.33 bits per heavy atom. The third-order valence-electron chi connectivity index (χ3n) is 4.71. The Labute approximate surface area is 145 Å². The molecule has 6 nitrogen and oxygen atoms in total. The van der Waals surface area contributed by atoms with Crippen molar-refractivity contribution >= 4 is 15.9 Å². The van der Waals surface area contributed by atoms with Gasteiger partial charge in [-0.05, 0) is 41.8 Å². The Kier molecular flexibility index (Phi) is 2.62. The standard InChI is InChI=1S/C16H13BrFN5O/c1-8-20-21-15-16(4-5-16)24-14-11(23(8)15)7-9(18)12(13(14)17)10-3-6-19-22(10)2/h3,6-7H,4-5H2,1-2H3. The molecule has 2 aliphatic rings. The highest BCUT2D eigenvalue weighted by Gasteiger charge is 2.55. The first-order valence-corrected chi connectivity index (χ1v) is 8.43. The minimum Gasteiger partial charge on any atom is -0.476 e. The summed E-state index contributed by atoms with van der Waals surface area (Å²) in [5.74, 6) is 1.76. The van der Waals surface area contributed by atoms with Crippen molar-refractivity contribution < 1.29 is 9.13 Å². The lowest BCUT2D eigenvalue weighted by atomic mass is 10.1. The van der Waals surface area contributed by atoms with E-state index < -0.39 is 5.60 Å². The van der Waals surface area contributed by atoms with Gasteiger partial charge in [-0.1, -0.05) is 0 Å². The summed E-state index contributed by atoms with van der Waals surface area (Å²) in [6, 6.07) is 3.26. The summed E-state index contributed by atoms with van der Waals surface area (Å²) in [6.45, 7) is 1.86. The van der Waals surface area contributed by atoms with Gasteiger partial charge < -0.3 is 4.74 Å². The van der Waals surface area contributed by atoms with Gasteiger partial charge in [-0.15, -0.1) is 10.2 Å². The van der Waals surface area contributed by atoms with Crippen LogP contribution in [0.3, 0.4) is 0 Å². The van der Waals surface area contributed by atoms with Gasteiger partial charge in [0.1, 0.15) is 11.6 Å². The van der Waals surface area contributed by atoms with Crippen LogP contribution in [-0.4, -0.2) is 24.5 Å². The van der Waals surface area contributed by atoms with Gasteiger partial charge in [0.15, 0.2) is 17.2 Å². The molecule has 1 aliphatic heterocycles. The number of benzene rings is 1. The second-order valence-corrected chi connectivity index (χ2v) is 7.03. The van der Waals surface area contributed by atoms with Crippen molar-refractivity contribution in [3.8, 4) is 22.7 Å². The molecule has 5 rings (SSSR count). The van der Waals surface area contributed by atoms with Crippen LogP contribution in [0, 0.1) is 12.7 Å². The molecule has 1 spiro atoms. The van der Waals surface area contributed by atoms with E-state index in [1.54, 1.807) is 24.0 Å². The smallest absolute Gasteiger partial charge is 0.182 e. The molecule has 0 radical (unpaired) electrons. The first-order chi connectivity index (χ1) is 11.5. The van der Waals surface area contributed by atoms with Crippen LogP contribution in [0.25, 0.3) is 16.9 Å². The first kappa shape index (κ1) is 14.2. The molecule has 1 fully saturated rings. The average Bonchev–Trinajstić information content (AvgIpc) is 3.00. The number of aryl methyl sites for hydroxylation is 2. The van der Waals surface area contributed by atoms with Crippen molar-refractivity contribution in [2.75, 3.05) is 0 Å². The van der Waals surface area contributed by atoms with Gasteiger partial charge in [0.25, 0.3) is 0 Å². The Hall–Kier alpha value is -2.22. The highest BCUT2D eigenvalue weighted by Crippen LogP contribution is 2.56. The van der Waals surface area contributed by atoms with Gasteiger partial charge in [0, 0.05) is 19.3 Å². The van der Waals surface area contributed by atoms with E-state index in [1.807, 2.05) is 11.5 Å². The van der Waals surface area contributed by atoms with Crippen molar-refractivity contribution in [3.05, 3.63) is 40.3 Å². The Bertz CT molecular complexity index is 1000. The van der Waals surface area contributed by atoms with Gasteiger partial charge in [0.2, 0.25) is 0 Å². The molecule has 1 aromatic carbocycles. The molecule has 3 heterocycles. The first-order valence-electron chi connectivity index (χ1n) is 7.64. The number of nitrogens with zero attached hydrogens (tertiary/aromatic N) is 5. The average molecular weight is 390 g/mol. The van der Waals surface area contributed by atoms with Gasteiger partial charge in [-0.25, -0.2) is 4.39 Å². The van der Waals surface area contributed by atoms with E-state index in [0.29, 0.717) is 27.2 Å². The van der Waals surface area contributed by atoms with Crippen LogP contribution >= 0.6 is 15.9 Å². The molecule has 0 N–H and O–H groups in total. The van der Waals surface area contributed by atoms with Crippen molar-refractivity contribution in [2.24, 2.45) is 7.05 Å². The van der Waals surface area contributed by atoms with E-state index in [9.17, 15) is 4.39 Å². The highest BCUT2D eigenvalue weighted by atomic mass is 79.9. The lowest BCUT2D eigenvalue weighted by Gasteiger charge is -2.28. The predicted molar refractivity (Wildman–Crippen MR) is 87.5 cm³/mol. The second kappa shape index (κ2) is 4.44. The van der Waals surface area contributed by atoms with Crippen molar-refractivity contribution in [2.45, 2.75) is 25.4 Å². The molecule has 1 saturated carbocycles. The quantitative estimate of drug-likeness (QED) is 0.640. The van der Waals surface area contributed by atoms with Crippen LogP contribution in [0.4, 0.5) is 4.39 Å². The number of hydrogen-bond acceptors (Lipinski definition) is 4. The number of rotatable bonds is 1. The van der Waals surface area contributed by atoms with Gasteiger partial charge in [-0.3, -0.25) is 9.25 Å². The maximum Gasteiger partial charge on any atom is 0.182 e. The molecule has 0 bridgehead atoms. The van der Waals surface area contributed by atoms with Crippen molar-refractivity contribution in [1.29, 1.82) is 0 Å². The van der Waals surface area contributed by atoms with Gasteiger partial charge in [0.05, 0.1) is 21.4 Å². The molecular formula is C16H13BrFN5O. The minimum absolute atomic E-state index is 0.348. The molecule has 122 valence electrons. The Balaban J connectivity index is 1.83. The van der Waals surface area contributed by atoms with Crippen LogP contribution in [0.2, 0.25) is 0 Å². The zero-order chi connectivity index (χ0) is 16.6. The van der Waals surface area contributed by atoms with Crippen molar-refractivity contribution in [1.82, 2.24) is 24.5 Å². The third-order valence-corrected chi connectivity index (χ3v) is 5.46. The highest BCUT2D eigenvalue weighted by molar-refractivity contribution is 9.10. The summed E-state index contributed by atoms with van der Waals surface area (Å²) in [6.07, 6.45) is 3.41. The van der Waals surface area contributed by atoms with E-state index in [1.165, 1.54) is 6.07 Å². The lowest BCUT2D eigenvalue weighted by Crippen LogP contribution is -2.27. The maximum absolute atomic E-state index is 14.9. The Morgan fingerprint density at radius 3 is 2.79 bits per heavy atom. The molecule has 0 amide bonds. The molecule has 0 unspecified atom stereocenters. The summed E-state index contributed by atoms with van der Waals surface area (Å²) >= 11 is 3.56. The molecule has 3 aromatic rings. The van der Waals surface area contributed by atoms with E-state index in [0.717, 1.165) is 24.5 Å². The SMILES string of the molecule is Cc1nnc2n1-c1cc(F)c(-c3ccnn3C)c(Br)c1OC21CC1. The number of hydrogen-bond donors (Lipinski definition) is 0. The number of halogens is 2. The molecule has 1 aliphatic carbocycles. The Morgan fingerprint density at radius 2 is 2.12 bits per heavy atom. The lowest BCUT2D eigenvalue weighted by molar-refractivity contribution is 0.155. The van der Waals surface area contributed by atoms with Crippen molar-refractivity contribution in [3.63, 3.8) is 0 Å². The third kappa shape index (κ3) is 1.66. The summed E-state index contributed by atoms with van der Waals surface area (Å²) < 4.78 is 25.3. The molecule has 0 saturated heterocycles. The molecule has 24 heavy (non-hydrogen) atoms. The zero-order valence-corrected chi connectivity index (χ0v) is 14.6. The molecule has 8 heteroatoms. The largest absolute Gasteiger partial charge is 0.476 e. The van der Waals surface area contributed by atoms with Crippen LogP contribution in [0.1, 0.15) is 24.5 Å². The maximum atomic E-state index is 14.9. The number of fused-ring (bicyclic) bond motifs is 4. The summed E-state index contributed by atoms with van der Waals surface area (Å²) in [7, 11) is 1.78. The summed E-state index contributed by atoms with van der Waals surface area (Å²) in [5.41, 5.74) is 1.32. The summed E-state index contributed by atoms with van der Waals surface area (Å²) in [4.78, 5) is 0. The fourth-order valence-electron chi connectivity index (χ4n) is 3.33. The monoisotopic (exact) mass is 389 g/mol. The predicted octanol–water partition coefficient (Wildman–Crippen LogP) is 3.26. The van der Waals surface area contributed by atoms with Crippen LogP contribution in [-0.2, 0) is 12.6 Å². The fraction of sp³-hybridized carbons (Fsp3) is 0.312. The molecule has 0 atom stereocenters. The normalized spacial score (nSPS) is 16.7. The van der Waals surface area contributed by atoms with E-state index in [4.69, 9.17) is 4.74 Å². The van der Waals surface area contributed by atoms with Gasteiger partial charge in [-0.2, -0.15) is 5.10 Å². The summed E-state index contributed by atoms with van der Waals surface area (Å²) in [5, 5.41) is 12.5. The van der Waals surface area contributed by atoms with E-state index in [2.05, 4.69) is 31.2 Å². The minimum atomic E-state index is -0.432. The molecule has 2 aromatic heterocycles. The van der Waals surface area contributed by atoms with E-state index in [-0.39, 0.29) is 5.82 Å². The number of aromatic nitrogens is 5. The zero-order valence-electron chi connectivity index (χ0n) is 13.0. The van der Waals surface area contributed by atoms with Gasteiger partial charge >= 0.3 is 0 Å².